The van der Waals surface area contributed by atoms with Gasteiger partial charge in [0.2, 0.25) is 0 Å². The van der Waals surface area contributed by atoms with Crippen LogP contribution in [-0.4, -0.2) is 17.6 Å². The second kappa shape index (κ2) is 3.15. The third kappa shape index (κ3) is 1.68. The number of thiocarbonyl (C=S) groups is 1. The summed E-state index contributed by atoms with van der Waals surface area (Å²) in [6, 6.07) is 0. The van der Waals surface area contributed by atoms with E-state index in [1.54, 1.807) is 6.08 Å². The van der Waals surface area contributed by atoms with E-state index in [2.05, 4.69) is 21.5 Å². The second-order valence-corrected chi connectivity index (χ2v) is 3.04. The van der Waals surface area contributed by atoms with Gasteiger partial charge in [-0.1, -0.05) is 0 Å². The van der Waals surface area contributed by atoms with Gasteiger partial charge in [-0.25, -0.2) is 5.43 Å². The molecular weight excluding hydrogens is 188 g/mol. The Kier molecular flexibility index (Phi) is 1.99. The molecular formula is C7H8N4OS. The Bertz CT molecular complexity index is 333. The number of hydrazine groups is 1. The van der Waals surface area contributed by atoms with Crippen LogP contribution in [0.5, 0.6) is 0 Å². The predicted molar refractivity (Wildman–Crippen MR) is 51.2 cm³/mol. The topological polar surface area (TPSA) is 65.2 Å². The summed E-state index contributed by atoms with van der Waals surface area (Å²) in [5, 5.41) is 5.58. The first-order valence-corrected chi connectivity index (χ1v) is 4.19. The molecule has 0 aliphatic carbocycles. The summed E-state index contributed by atoms with van der Waals surface area (Å²) < 4.78 is 0. The van der Waals surface area contributed by atoms with Crippen molar-refractivity contribution in [1.29, 1.82) is 0 Å². The summed E-state index contributed by atoms with van der Waals surface area (Å²) >= 11 is 4.77. The average Bonchev–Trinajstić information content (AvgIpc) is 2.63. The third-order valence-electron chi connectivity index (χ3n) is 1.68. The molecule has 13 heavy (non-hydrogen) atoms. The van der Waals surface area contributed by atoms with Gasteiger partial charge in [-0.2, -0.15) is 0 Å². The number of carbonyl (C=O) groups excluding carboxylic acids is 1. The summed E-state index contributed by atoms with van der Waals surface area (Å²) in [7, 11) is 0. The molecule has 1 saturated heterocycles. The predicted octanol–water partition coefficient (Wildman–Crippen LogP) is -1.13. The molecule has 0 spiro atoms. The van der Waals surface area contributed by atoms with Gasteiger partial charge in [0.05, 0.1) is 0 Å². The van der Waals surface area contributed by atoms with Gasteiger partial charge in [-0.05, 0) is 24.4 Å². The van der Waals surface area contributed by atoms with E-state index in [9.17, 15) is 4.79 Å². The number of rotatable bonds is 1. The summed E-state index contributed by atoms with van der Waals surface area (Å²) in [5.74, 6) is -0.195. The van der Waals surface area contributed by atoms with E-state index in [4.69, 9.17) is 12.2 Å². The molecule has 0 aromatic rings. The van der Waals surface area contributed by atoms with E-state index in [-0.39, 0.29) is 5.91 Å². The van der Waals surface area contributed by atoms with Crippen LogP contribution in [-0.2, 0) is 4.79 Å². The Hall–Kier alpha value is -1.40. The van der Waals surface area contributed by atoms with Crippen molar-refractivity contribution >= 4 is 23.2 Å². The lowest BCUT2D eigenvalue weighted by Crippen LogP contribution is -2.23. The third-order valence-corrected chi connectivity index (χ3v) is 1.88. The summed E-state index contributed by atoms with van der Waals surface area (Å²) in [5.41, 5.74) is 7.11. The summed E-state index contributed by atoms with van der Waals surface area (Å²) in [6.07, 6.45) is 3.64. The van der Waals surface area contributed by atoms with Gasteiger partial charge in [-0.3, -0.25) is 10.1 Å². The van der Waals surface area contributed by atoms with E-state index in [0.29, 0.717) is 10.8 Å². The van der Waals surface area contributed by atoms with Crippen molar-refractivity contribution in [3.63, 3.8) is 0 Å². The van der Waals surface area contributed by atoms with E-state index >= 15 is 0 Å². The number of nitrogens with one attached hydrogen (secondary N) is 4. The van der Waals surface area contributed by atoms with Gasteiger partial charge in [-0.15, -0.1) is 0 Å². The van der Waals surface area contributed by atoms with Crippen LogP contribution in [0.1, 0.15) is 0 Å². The highest BCUT2D eigenvalue weighted by molar-refractivity contribution is 7.80. The van der Waals surface area contributed by atoms with Gasteiger partial charge in [0.25, 0.3) is 5.91 Å². The van der Waals surface area contributed by atoms with Crippen molar-refractivity contribution in [2.75, 3.05) is 6.54 Å². The molecule has 0 aromatic heterocycles. The summed E-state index contributed by atoms with van der Waals surface area (Å²) in [6.45, 7) is 0.755. The Balaban J connectivity index is 2.15. The lowest BCUT2D eigenvalue weighted by atomic mass is 10.3. The molecule has 2 aliphatic rings. The highest BCUT2D eigenvalue weighted by Crippen LogP contribution is 2.03. The van der Waals surface area contributed by atoms with Gasteiger partial charge in [0.1, 0.15) is 5.70 Å². The Labute approximate surface area is 80.2 Å². The van der Waals surface area contributed by atoms with Crippen LogP contribution < -0.4 is 21.5 Å². The molecule has 0 radical (unpaired) electrons. The van der Waals surface area contributed by atoms with Crippen LogP contribution in [0.25, 0.3) is 0 Å². The zero-order valence-electron chi connectivity index (χ0n) is 6.68. The fourth-order valence-electron chi connectivity index (χ4n) is 1.10. The molecule has 0 unspecified atom stereocenters. The fraction of sp³-hybridized carbons (Fsp3) is 0.143. The molecule has 0 aromatic carbocycles. The maximum absolute atomic E-state index is 11.2. The number of hydrogen-bond donors (Lipinski definition) is 4. The number of amides is 1. The lowest BCUT2D eigenvalue weighted by Gasteiger charge is -1.98. The van der Waals surface area contributed by atoms with Crippen LogP contribution in [0.15, 0.2) is 23.5 Å². The van der Waals surface area contributed by atoms with Gasteiger partial charge in [0.15, 0.2) is 5.11 Å². The van der Waals surface area contributed by atoms with Crippen LogP contribution in [0, 0.1) is 0 Å². The maximum atomic E-state index is 11.2. The Morgan fingerprint density at radius 3 is 2.85 bits per heavy atom. The molecule has 1 amide bonds. The van der Waals surface area contributed by atoms with Crippen LogP contribution in [0.3, 0.4) is 0 Å². The molecule has 2 aliphatic heterocycles. The molecule has 5 nitrogen and oxygen atoms in total. The minimum atomic E-state index is -0.195. The molecule has 2 rings (SSSR count). The van der Waals surface area contributed by atoms with Gasteiger partial charge < -0.3 is 10.7 Å². The van der Waals surface area contributed by atoms with Crippen molar-refractivity contribution in [2.24, 2.45) is 0 Å². The van der Waals surface area contributed by atoms with E-state index in [1.807, 2.05) is 6.08 Å². The van der Waals surface area contributed by atoms with Crippen molar-refractivity contribution in [1.82, 2.24) is 21.5 Å². The number of hydrogen-bond acceptors (Lipinski definition) is 4. The molecule has 4 N–H and O–H groups in total. The number of allylic oxidation sites excluding steroid dienone is 1. The molecule has 0 bridgehead atoms. The molecule has 0 atom stereocenters. The van der Waals surface area contributed by atoms with Crippen molar-refractivity contribution in [2.45, 2.75) is 0 Å². The largest absolute Gasteiger partial charge is 0.328 e. The smallest absolute Gasteiger partial charge is 0.273 e. The van der Waals surface area contributed by atoms with Crippen LogP contribution in [0.2, 0.25) is 0 Å². The summed E-state index contributed by atoms with van der Waals surface area (Å²) in [4.78, 5) is 11.2. The molecule has 0 saturated carbocycles. The van der Waals surface area contributed by atoms with Crippen molar-refractivity contribution < 1.29 is 4.79 Å². The monoisotopic (exact) mass is 196 g/mol. The minimum absolute atomic E-state index is 0.195. The van der Waals surface area contributed by atoms with Crippen LogP contribution in [0.4, 0.5) is 0 Å². The standard InChI is InChI=1S/C7H8N4OS/c12-6-5(9-7(13)10-6)3-4-1-2-8-11-4/h1,3,8,11H,2H2,(H2,9,10,12,13). The maximum Gasteiger partial charge on any atom is 0.273 e. The Morgan fingerprint density at radius 2 is 2.31 bits per heavy atom. The molecule has 2 heterocycles. The first-order chi connectivity index (χ1) is 6.25. The average molecular weight is 196 g/mol. The number of carbonyl (C=O) groups is 1. The van der Waals surface area contributed by atoms with E-state index in [0.717, 1.165) is 12.2 Å². The van der Waals surface area contributed by atoms with Gasteiger partial charge >= 0.3 is 0 Å². The van der Waals surface area contributed by atoms with Gasteiger partial charge in [0, 0.05) is 12.2 Å². The Morgan fingerprint density at radius 1 is 1.46 bits per heavy atom. The van der Waals surface area contributed by atoms with Crippen molar-refractivity contribution in [3.8, 4) is 0 Å². The molecule has 68 valence electrons. The normalized spacial score (nSPS) is 24.0. The minimum Gasteiger partial charge on any atom is -0.328 e. The molecule has 6 heteroatoms. The first-order valence-electron chi connectivity index (χ1n) is 3.79. The zero-order chi connectivity index (χ0) is 9.26. The fourth-order valence-corrected chi connectivity index (χ4v) is 1.30. The van der Waals surface area contributed by atoms with E-state index in [1.165, 1.54) is 0 Å². The highest BCUT2D eigenvalue weighted by Gasteiger charge is 2.20. The van der Waals surface area contributed by atoms with E-state index < -0.39 is 0 Å². The first kappa shape index (κ1) is 8.21. The highest BCUT2D eigenvalue weighted by atomic mass is 32.1. The van der Waals surface area contributed by atoms with Crippen LogP contribution >= 0.6 is 12.2 Å². The lowest BCUT2D eigenvalue weighted by molar-refractivity contribution is -0.115. The van der Waals surface area contributed by atoms with Crippen molar-refractivity contribution in [3.05, 3.63) is 23.5 Å². The zero-order valence-corrected chi connectivity index (χ0v) is 7.49. The quantitative estimate of drug-likeness (QED) is 0.315. The molecule has 1 fully saturated rings. The SMILES string of the molecule is O=C1NC(=S)NC1=CC1=CCNN1. The second-order valence-electron chi connectivity index (χ2n) is 2.63.